The van der Waals surface area contributed by atoms with E-state index >= 15 is 0 Å². The van der Waals surface area contributed by atoms with Gasteiger partial charge in [-0.25, -0.2) is 25.4 Å². The van der Waals surface area contributed by atoms with Crippen molar-refractivity contribution in [3.8, 4) is 11.8 Å². The molecule has 0 spiro atoms. The molecule has 10 nitrogen and oxygen atoms in total. The van der Waals surface area contributed by atoms with Crippen molar-refractivity contribution < 1.29 is 4.79 Å². The van der Waals surface area contributed by atoms with Gasteiger partial charge >= 0.3 is 0 Å². The lowest BCUT2D eigenvalue weighted by molar-refractivity contribution is 0.0945. The normalized spacial score (nSPS) is 15.1. The average molecular weight is 500 g/mol. The number of hydrogen-bond donors (Lipinski definition) is 5. The van der Waals surface area contributed by atoms with Crippen LogP contribution in [0.25, 0.3) is 0 Å². The van der Waals surface area contributed by atoms with E-state index in [1.54, 1.807) is 36.4 Å². The largest absolute Gasteiger partial charge is 0.384 e. The Morgan fingerprint density at radius 2 is 2.03 bits per heavy atom. The minimum absolute atomic E-state index is 0.00471. The van der Waals surface area contributed by atoms with Crippen LogP contribution in [-0.4, -0.2) is 40.3 Å². The van der Waals surface area contributed by atoms with Gasteiger partial charge in [0.25, 0.3) is 5.91 Å². The summed E-state index contributed by atoms with van der Waals surface area (Å²) in [6.07, 6.45) is 4.27. The van der Waals surface area contributed by atoms with Gasteiger partial charge in [-0.3, -0.25) is 4.79 Å². The Morgan fingerprint density at radius 3 is 2.83 bits per heavy atom. The molecule has 2 heterocycles. The first kappa shape index (κ1) is 24.4. The van der Waals surface area contributed by atoms with Gasteiger partial charge in [-0.15, -0.1) is 0 Å². The predicted molar refractivity (Wildman–Crippen MR) is 141 cm³/mol. The summed E-state index contributed by atoms with van der Waals surface area (Å²) in [4.78, 5) is 29.6. The van der Waals surface area contributed by atoms with E-state index in [0.29, 0.717) is 22.2 Å². The number of nitrogen functional groups attached to an aromatic ring is 1. The fraction of sp³-hybridized carbons (Fsp3) is 0.0800. The van der Waals surface area contributed by atoms with Crippen LogP contribution in [0.3, 0.4) is 0 Å². The molecule has 0 saturated heterocycles. The van der Waals surface area contributed by atoms with Crippen molar-refractivity contribution in [2.75, 3.05) is 12.3 Å². The summed E-state index contributed by atoms with van der Waals surface area (Å²) < 4.78 is 0. The zero-order valence-electron chi connectivity index (χ0n) is 18.9. The zero-order chi connectivity index (χ0) is 25.3. The number of nitrogens with one attached hydrogen (secondary N) is 3. The lowest BCUT2D eigenvalue weighted by atomic mass is 10.2. The summed E-state index contributed by atoms with van der Waals surface area (Å²) >= 11 is 5.95. The molecule has 180 valence electrons. The Kier molecular flexibility index (Phi) is 7.87. The minimum atomic E-state index is -0.484. The lowest BCUT2D eigenvalue weighted by Crippen LogP contribution is -2.42. The van der Waals surface area contributed by atoms with Crippen LogP contribution in [-0.2, 0) is 0 Å². The van der Waals surface area contributed by atoms with Crippen LogP contribution in [0.15, 0.2) is 82.9 Å². The van der Waals surface area contributed by atoms with E-state index in [-0.39, 0.29) is 23.9 Å². The summed E-state index contributed by atoms with van der Waals surface area (Å²) in [5.41, 5.74) is 19.4. The molecule has 0 radical (unpaired) electrons. The van der Waals surface area contributed by atoms with E-state index < -0.39 is 12.1 Å². The second-order valence-electron chi connectivity index (χ2n) is 7.46. The summed E-state index contributed by atoms with van der Waals surface area (Å²) in [5.74, 6) is 6.19. The van der Waals surface area contributed by atoms with Gasteiger partial charge in [-0.05, 0) is 48.4 Å². The Balaban J connectivity index is 1.34. The third kappa shape index (κ3) is 6.89. The van der Waals surface area contributed by atoms with Crippen LogP contribution in [0.4, 0.5) is 11.5 Å². The molecular formula is C25H22ClN9O. The van der Waals surface area contributed by atoms with Crippen molar-refractivity contribution in [2.45, 2.75) is 6.17 Å². The second kappa shape index (κ2) is 11.6. The summed E-state index contributed by atoms with van der Waals surface area (Å²) in [5, 5.41) is 3.31. The number of amides is 1. The van der Waals surface area contributed by atoms with Gasteiger partial charge < -0.3 is 22.2 Å². The fourth-order valence-electron chi connectivity index (χ4n) is 3.02. The summed E-state index contributed by atoms with van der Waals surface area (Å²) in [6.45, 7) is 0.177. The predicted octanol–water partition coefficient (Wildman–Crippen LogP) is 1.92. The lowest BCUT2D eigenvalue weighted by Gasteiger charge is -2.09. The number of anilines is 1. The fourth-order valence-corrected chi connectivity index (χ4v) is 3.21. The Bertz CT molecular complexity index is 1410. The van der Waals surface area contributed by atoms with Crippen LogP contribution >= 0.6 is 11.6 Å². The smallest absolute Gasteiger partial charge is 0.273 e. The van der Waals surface area contributed by atoms with Gasteiger partial charge in [0, 0.05) is 10.6 Å². The standard InChI is InChI=1S/C25H22ClN9O/c26-17-7-4-8-18(13-17)31-20(27)11-12-21-33-22(35-34-21)15-30-25(36)23-24(28)29-14-19(32-23)10-9-16-5-2-1-3-6-16/h1-8,11-14,22,35H,15H2,(H2,27,31)(H2,28,29)(H,30,36)(H,33,34)/b12-11-. The number of amidine groups is 2. The van der Waals surface area contributed by atoms with Crippen LogP contribution in [0.1, 0.15) is 21.7 Å². The molecule has 0 fully saturated rings. The molecule has 1 aliphatic heterocycles. The highest BCUT2D eigenvalue weighted by atomic mass is 35.5. The number of hydrogen-bond acceptors (Lipinski definition) is 8. The maximum atomic E-state index is 12.6. The summed E-state index contributed by atoms with van der Waals surface area (Å²) in [6, 6.07) is 16.5. The minimum Gasteiger partial charge on any atom is -0.384 e. The number of carbonyl (C=O) groups is 1. The maximum Gasteiger partial charge on any atom is 0.273 e. The Hall–Kier alpha value is -4.72. The Labute approximate surface area is 212 Å². The highest BCUT2D eigenvalue weighted by molar-refractivity contribution is 6.30. The van der Waals surface area contributed by atoms with Crippen molar-refractivity contribution >= 4 is 40.7 Å². The van der Waals surface area contributed by atoms with Crippen molar-refractivity contribution in [2.24, 2.45) is 15.7 Å². The third-order valence-corrected chi connectivity index (χ3v) is 4.96. The van der Waals surface area contributed by atoms with Crippen molar-refractivity contribution in [3.63, 3.8) is 0 Å². The number of aromatic nitrogens is 2. The number of rotatable bonds is 6. The summed E-state index contributed by atoms with van der Waals surface area (Å²) in [7, 11) is 0. The number of nitrogens with zero attached hydrogens (tertiary/aromatic N) is 4. The van der Waals surface area contributed by atoms with Crippen LogP contribution < -0.4 is 27.6 Å². The molecule has 1 aliphatic rings. The van der Waals surface area contributed by atoms with Gasteiger partial charge in [0.15, 0.2) is 11.5 Å². The Morgan fingerprint density at radius 1 is 1.19 bits per heavy atom. The first-order chi connectivity index (χ1) is 17.5. The molecule has 0 bridgehead atoms. The highest BCUT2D eigenvalue weighted by Crippen LogP contribution is 2.17. The molecule has 1 unspecified atom stereocenters. The highest BCUT2D eigenvalue weighted by Gasteiger charge is 2.18. The SMILES string of the molecule is NC(/C=C\C1=NC(CNC(=O)c2nc(C#Cc3ccccc3)cnc2N)NN1)=Nc1cccc(Cl)c1. The maximum absolute atomic E-state index is 12.6. The van der Waals surface area contributed by atoms with Crippen molar-refractivity contribution in [1.29, 1.82) is 0 Å². The van der Waals surface area contributed by atoms with Gasteiger partial charge in [0.1, 0.15) is 23.5 Å². The number of carbonyl (C=O) groups excluding carboxylic acids is 1. The van der Waals surface area contributed by atoms with Crippen molar-refractivity contribution in [1.82, 2.24) is 26.1 Å². The molecule has 2 aromatic carbocycles. The number of aliphatic imine (C=N–C) groups is 2. The van der Waals surface area contributed by atoms with E-state index in [2.05, 4.69) is 48.0 Å². The number of benzene rings is 2. The first-order valence-corrected chi connectivity index (χ1v) is 11.2. The van der Waals surface area contributed by atoms with E-state index in [0.717, 1.165) is 5.56 Å². The quantitative estimate of drug-likeness (QED) is 0.197. The second-order valence-corrected chi connectivity index (χ2v) is 7.90. The zero-order valence-corrected chi connectivity index (χ0v) is 19.7. The number of halogens is 1. The molecule has 3 aromatic rings. The number of hydrazine groups is 1. The third-order valence-electron chi connectivity index (χ3n) is 4.72. The van der Waals surface area contributed by atoms with E-state index in [1.807, 2.05) is 30.3 Å². The van der Waals surface area contributed by atoms with Gasteiger partial charge in [-0.2, -0.15) is 0 Å². The van der Waals surface area contributed by atoms with Crippen LogP contribution in [0.2, 0.25) is 5.02 Å². The molecule has 4 rings (SSSR count). The van der Waals surface area contributed by atoms with Gasteiger partial charge in [0.05, 0.1) is 18.4 Å². The van der Waals surface area contributed by atoms with Gasteiger partial charge in [-0.1, -0.05) is 41.8 Å². The topological polar surface area (TPSA) is 156 Å². The molecule has 7 N–H and O–H groups in total. The molecule has 0 aliphatic carbocycles. The molecule has 36 heavy (non-hydrogen) atoms. The van der Waals surface area contributed by atoms with Crippen LogP contribution in [0.5, 0.6) is 0 Å². The van der Waals surface area contributed by atoms with Crippen molar-refractivity contribution in [3.05, 3.63) is 94.9 Å². The first-order valence-electron chi connectivity index (χ1n) is 10.8. The molecule has 1 atom stereocenters. The monoisotopic (exact) mass is 499 g/mol. The van der Waals surface area contributed by atoms with Gasteiger partial charge in [0.2, 0.25) is 0 Å². The molecular weight excluding hydrogens is 478 g/mol. The van der Waals surface area contributed by atoms with Crippen LogP contribution in [0, 0.1) is 11.8 Å². The van der Waals surface area contributed by atoms with E-state index in [1.165, 1.54) is 6.20 Å². The van der Waals surface area contributed by atoms with E-state index in [9.17, 15) is 4.79 Å². The molecule has 1 amide bonds. The average Bonchev–Trinajstić information content (AvgIpc) is 3.34. The molecule has 1 aromatic heterocycles. The van der Waals surface area contributed by atoms with E-state index in [4.69, 9.17) is 23.1 Å². The molecule has 0 saturated carbocycles. The molecule has 11 heteroatoms. The number of nitrogens with two attached hydrogens (primary N) is 2.